The minimum Gasteiger partial charge on any atom is -0.374 e. The van der Waals surface area contributed by atoms with E-state index in [2.05, 4.69) is 50.1 Å². The molecule has 2 N–H and O–H groups in total. The Bertz CT molecular complexity index is 292. The Hall–Kier alpha value is -1.02. The van der Waals surface area contributed by atoms with E-state index in [1.54, 1.807) is 0 Å². The number of anilines is 1. The molecule has 0 aliphatic heterocycles. The van der Waals surface area contributed by atoms with Gasteiger partial charge in [0.05, 0.1) is 0 Å². The fourth-order valence-corrected chi connectivity index (χ4v) is 1.98. The lowest BCUT2D eigenvalue weighted by Gasteiger charge is -2.24. The summed E-state index contributed by atoms with van der Waals surface area (Å²) in [7, 11) is 2.14. The van der Waals surface area contributed by atoms with Crippen LogP contribution in [0.15, 0.2) is 24.3 Å². The SMILES string of the molecule is CCCC(CN)CN(C)c1ccc(C)cc1. The Morgan fingerprint density at radius 2 is 1.88 bits per heavy atom. The molecule has 0 bridgehead atoms. The lowest BCUT2D eigenvalue weighted by molar-refractivity contribution is 0.491. The van der Waals surface area contributed by atoms with Gasteiger partial charge in [0.15, 0.2) is 0 Å². The minimum atomic E-state index is 0.608. The number of hydrogen-bond donors (Lipinski definition) is 1. The second-order valence-corrected chi connectivity index (χ2v) is 4.61. The normalized spacial score (nSPS) is 12.5. The Morgan fingerprint density at radius 1 is 1.25 bits per heavy atom. The van der Waals surface area contributed by atoms with Crippen molar-refractivity contribution in [3.63, 3.8) is 0 Å². The average molecular weight is 220 g/mol. The van der Waals surface area contributed by atoms with Crippen LogP contribution in [0.4, 0.5) is 5.69 Å². The van der Waals surface area contributed by atoms with Gasteiger partial charge in [-0.25, -0.2) is 0 Å². The van der Waals surface area contributed by atoms with Crippen LogP contribution in [-0.2, 0) is 0 Å². The Kier molecular flexibility index (Phi) is 5.33. The molecule has 0 fully saturated rings. The van der Waals surface area contributed by atoms with Gasteiger partial charge >= 0.3 is 0 Å². The van der Waals surface area contributed by atoms with E-state index in [0.717, 1.165) is 13.1 Å². The summed E-state index contributed by atoms with van der Waals surface area (Å²) in [5.41, 5.74) is 8.37. The van der Waals surface area contributed by atoms with E-state index < -0.39 is 0 Å². The molecule has 0 radical (unpaired) electrons. The van der Waals surface area contributed by atoms with Gasteiger partial charge in [0.2, 0.25) is 0 Å². The number of aryl methyl sites for hydroxylation is 1. The van der Waals surface area contributed by atoms with Gasteiger partial charge in [-0.3, -0.25) is 0 Å². The first-order valence-electron chi connectivity index (χ1n) is 6.15. The number of benzene rings is 1. The molecule has 0 aliphatic carbocycles. The van der Waals surface area contributed by atoms with Crippen LogP contribution in [0.1, 0.15) is 25.3 Å². The van der Waals surface area contributed by atoms with Crippen LogP contribution in [0.2, 0.25) is 0 Å². The summed E-state index contributed by atoms with van der Waals surface area (Å²) in [5.74, 6) is 0.608. The van der Waals surface area contributed by atoms with Crippen molar-refractivity contribution in [3.05, 3.63) is 29.8 Å². The Balaban J connectivity index is 2.56. The second kappa shape index (κ2) is 6.54. The summed E-state index contributed by atoms with van der Waals surface area (Å²) in [5, 5.41) is 0. The molecule has 0 amide bonds. The van der Waals surface area contributed by atoms with Gasteiger partial charge in [0.25, 0.3) is 0 Å². The van der Waals surface area contributed by atoms with Crippen molar-refractivity contribution < 1.29 is 0 Å². The number of nitrogens with zero attached hydrogens (tertiary/aromatic N) is 1. The van der Waals surface area contributed by atoms with E-state index in [1.807, 2.05) is 0 Å². The van der Waals surface area contributed by atoms with Crippen molar-refractivity contribution in [2.45, 2.75) is 26.7 Å². The maximum Gasteiger partial charge on any atom is 0.0363 e. The quantitative estimate of drug-likeness (QED) is 0.798. The van der Waals surface area contributed by atoms with Crippen LogP contribution in [0, 0.1) is 12.8 Å². The fourth-order valence-electron chi connectivity index (χ4n) is 1.98. The summed E-state index contributed by atoms with van der Waals surface area (Å²) in [6.45, 7) is 6.16. The van der Waals surface area contributed by atoms with Gasteiger partial charge in [-0.05, 0) is 37.9 Å². The molecule has 0 aliphatic rings. The molecule has 1 atom stereocenters. The fraction of sp³-hybridized carbons (Fsp3) is 0.571. The third-order valence-electron chi connectivity index (χ3n) is 3.04. The molecular weight excluding hydrogens is 196 g/mol. The van der Waals surface area contributed by atoms with Crippen LogP contribution < -0.4 is 10.6 Å². The molecule has 1 aromatic rings. The van der Waals surface area contributed by atoms with Gasteiger partial charge in [-0.15, -0.1) is 0 Å². The molecule has 0 spiro atoms. The van der Waals surface area contributed by atoms with Crippen LogP contribution in [-0.4, -0.2) is 20.1 Å². The summed E-state index contributed by atoms with van der Waals surface area (Å²) in [4.78, 5) is 2.30. The molecule has 0 saturated heterocycles. The minimum absolute atomic E-state index is 0.608. The first kappa shape index (κ1) is 13.0. The van der Waals surface area contributed by atoms with Crippen molar-refractivity contribution >= 4 is 5.69 Å². The summed E-state index contributed by atoms with van der Waals surface area (Å²) >= 11 is 0. The van der Waals surface area contributed by atoms with E-state index in [9.17, 15) is 0 Å². The first-order valence-corrected chi connectivity index (χ1v) is 6.15. The van der Waals surface area contributed by atoms with Crippen molar-refractivity contribution in [1.29, 1.82) is 0 Å². The lowest BCUT2D eigenvalue weighted by atomic mass is 10.0. The van der Waals surface area contributed by atoms with Gasteiger partial charge in [-0.2, -0.15) is 0 Å². The molecule has 2 heteroatoms. The van der Waals surface area contributed by atoms with E-state index in [4.69, 9.17) is 5.73 Å². The highest BCUT2D eigenvalue weighted by molar-refractivity contribution is 5.46. The average Bonchev–Trinajstić information content (AvgIpc) is 2.29. The third kappa shape index (κ3) is 3.86. The maximum absolute atomic E-state index is 5.78. The molecule has 1 rings (SSSR count). The topological polar surface area (TPSA) is 29.3 Å². The standard InChI is InChI=1S/C14H24N2/c1-4-5-13(10-15)11-16(3)14-8-6-12(2)7-9-14/h6-9,13H,4-5,10-11,15H2,1-3H3. The van der Waals surface area contributed by atoms with E-state index >= 15 is 0 Å². The highest BCUT2D eigenvalue weighted by Gasteiger charge is 2.09. The van der Waals surface area contributed by atoms with Gasteiger partial charge < -0.3 is 10.6 Å². The van der Waals surface area contributed by atoms with Crippen molar-refractivity contribution in [3.8, 4) is 0 Å². The maximum atomic E-state index is 5.78. The smallest absolute Gasteiger partial charge is 0.0363 e. The molecule has 90 valence electrons. The second-order valence-electron chi connectivity index (χ2n) is 4.61. The zero-order valence-electron chi connectivity index (χ0n) is 10.7. The number of hydrogen-bond acceptors (Lipinski definition) is 2. The number of nitrogens with two attached hydrogens (primary N) is 1. The molecule has 1 aromatic carbocycles. The van der Waals surface area contributed by atoms with E-state index in [0.29, 0.717) is 5.92 Å². The largest absolute Gasteiger partial charge is 0.374 e. The van der Waals surface area contributed by atoms with Crippen LogP contribution >= 0.6 is 0 Å². The molecular formula is C14H24N2. The zero-order valence-corrected chi connectivity index (χ0v) is 10.7. The van der Waals surface area contributed by atoms with Crippen molar-refractivity contribution in [2.24, 2.45) is 11.7 Å². The molecule has 1 unspecified atom stereocenters. The van der Waals surface area contributed by atoms with Gasteiger partial charge in [-0.1, -0.05) is 31.0 Å². The summed E-state index contributed by atoms with van der Waals surface area (Å²) in [6.07, 6.45) is 2.43. The molecule has 0 aromatic heterocycles. The van der Waals surface area contributed by atoms with E-state index in [-0.39, 0.29) is 0 Å². The summed E-state index contributed by atoms with van der Waals surface area (Å²) < 4.78 is 0. The predicted octanol–water partition coefficient (Wildman–Crippen LogP) is 2.81. The third-order valence-corrected chi connectivity index (χ3v) is 3.04. The first-order chi connectivity index (χ1) is 7.67. The molecule has 2 nitrogen and oxygen atoms in total. The molecule has 16 heavy (non-hydrogen) atoms. The predicted molar refractivity (Wildman–Crippen MR) is 71.9 cm³/mol. The van der Waals surface area contributed by atoms with Crippen molar-refractivity contribution in [2.75, 3.05) is 25.0 Å². The van der Waals surface area contributed by atoms with Gasteiger partial charge in [0, 0.05) is 19.3 Å². The molecule has 0 heterocycles. The Morgan fingerprint density at radius 3 is 2.38 bits per heavy atom. The van der Waals surface area contributed by atoms with Crippen LogP contribution in [0.3, 0.4) is 0 Å². The van der Waals surface area contributed by atoms with E-state index in [1.165, 1.54) is 24.1 Å². The monoisotopic (exact) mass is 220 g/mol. The Labute approximate surface area is 99.5 Å². The lowest BCUT2D eigenvalue weighted by Crippen LogP contribution is -2.29. The molecule has 0 saturated carbocycles. The summed E-state index contributed by atoms with van der Waals surface area (Å²) in [6, 6.07) is 8.66. The van der Waals surface area contributed by atoms with Crippen molar-refractivity contribution in [1.82, 2.24) is 0 Å². The van der Waals surface area contributed by atoms with Crippen LogP contribution in [0.5, 0.6) is 0 Å². The zero-order chi connectivity index (χ0) is 12.0. The van der Waals surface area contributed by atoms with Gasteiger partial charge in [0.1, 0.15) is 0 Å². The number of rotatable bonds is 6. The highest BCUT2D eigenvalue weighted by atomic mass is 15.1. The highest BCUT2D eigenvalue weighted by Crippen LogP contribution is 2.16. The van der Waals surface area contributed by atoms with Crippen LogP contribution in [0.25, 0.3) is 0 Å².